The Balaban J connectivity index is 1.33. The fourth-order valence-electron chi connectivity index (χ4n) is 3.94. The van der Waals surface area contributed by atoms with E-state index in [0.29, 0.717) is 11.6 Å². The summed E-state index contributed by atoms with van der Waals surface area (Å²) in [7, 11) is 0. The van der Waals surface area contributed by atoms with Gasteiger partial charge in [0, 0.05) is 37.8 Å². The molecule has 148 valence electrons. The second kappa shape index (κ2) is 6.79. The van der Waals surface area contributed by atoms with Crippen LogP contribution in [0.1, 0.15) is 35.8 Å². The minimum Gasteiger partial charge on any atom is -0.363 e. The molecular formula is C21H18F3N5. The lowest BCUT2D eigenvalue weighted by Crippen LogP contribution is -2.25. The van der Waals surface area contributed by atoms with E-state index < -0.39 is 18.3 Å². The van der Waals surface area contributed by atoms with Crippen LogP contribution in [0.3, 0.4) is 0 Å². The second-order valence-electron chi connectivity index (χ2n) is 7.60. The van der Waals surface area contributed by atoms with E-state index in [1.165, 1.54) is 11.0 Å². The van der Waals surface area contributed by atoms with Crippen LogP contribution in [0.15, 0.2) is 49.1 Å². The Hall–Kier alpha value is -3.03. The van der Waals surface area contributed by atoms with Gasteiger partial charge in [-0.3, -0.25) is 0 Å². The van der Waals surface area contributed by atoms with E-state index in [2.05, 4.69) is 19.9 Å². The van der Waals surface area contributed by atoms with Crippen molar-refractivity contribution in [3.05, 3.63) is 66.0 Å². The molecule has 1 saturated carbocycles. The van der Waals surface area contributed by atoms with Gasteiger partial charge in [-0.15, -0.1) is 0 Å². The predicted octanol–water partition coefficient (Wildman–Crippen LogP) is 4.19. The summed E-state index contributed by atoms with van der Waals surface area (Å²) in [6.45, 7) is -0.267. The summed E-state index contributed by atoms with van der Waals surface area (Å²) in [5.74, 6) is -1.84. The standard InChI is InChI=1S/C21H18F3N5/c22-17-3-2-13(8-18(17)29-7-4-21(23,24)12-29)15-9-16(15)14-10-27-20(28-11-14)19-25-5-1-6-26-19/h1-3,5-6,8,10-11,15-16H,4,7,9,12H2/t15-,16+/m1/s1. The summed E-state index contributed by atoms with van der Waals surface area (Å²) in [6, 6.07) is 6.56. The van der Waals surface area contributed by atoms with Gasteiger partial charge < -0.3 is 4.90 Å². The van der Waals surface area contributed by atoms with Crippen molar-refractivity contribution < 1.29 is 13.2 Å². The quantitative estimate of drug-likeness (QED) is 0.661. The lowest BCUT2D eigenvalue weighted by atomic mass is 10.1. The van der Waals surface area contributed by atoms with Crippen LogP contribution in [0, 0.1) is 5.82 Å². The number of halogens is 3. The third kappa shape index (κ3) is 3.54. The van der Waals surface area contributed by atoms with Gasteiger partial charge in [0.1, 0.15) is 5.82 Å². The van der Waals surface area contributed by atoms with Crippen molar-refractivity contribution in [2.75, 3.05) is 18.0 Å². The molecule has 5 nitrogen and oxygen atoms in total. The van der Waals surface area contributed by atoms with Gasteiger partial charge in [0.2, 0.25) is 0 Å². The molecule has 1 aliphatic carbocycles. The average molecular weight is 397 g/mol. The molecule has 0 unspecified atom stereocenters. The number of aromatic nitrogens is 4. The average Bonchev–Trinajstić information content (AvgIpc) is 3.45. The van der Waals surface area contributed by atoms with E-state index in [0.717, 1.165) is 17.5 Å². The first-order valence-corrected chi connectivity index (χ1v) is 9.52. The Morgan fingerprint density at radius 3 is 2.31 bits per heavy atom. The number of hydrogen-bond acceptors (Lipinski definition) is 5. The molecule has 3 aromatic rings. The summed E-state index contributed by atoms with van der Waals surface area (Å²) in [5.41, 5.74) is 2.21. The SMILES string of the molecule is Fc1ccc([C@H]2C[C@H]2c2cnc(-c3ncccn3)nc2)cc1N1CCC(F)(F)C1. The van der Waals surface area contributed by atoms with Gasteiger partial charge in [0.25, 0.3) is 5.92 Å². The van der Waals surface area contributed by atoms with Crippen molar-refractivity contribution in [3.8, 4) is 11.6 Å². The Kier molecular flexibility index (Phi) is 4.22. The van der Waals surface area contributed by atoms with E-state index in [1.54, 1.807) is 43.0 Å². The van der Waals surface area contributed by atoms with Crippen molar-refractivity contribution in [1.29, 1.82) is 0 Å². The zero-order valence-electron chi connectivity index (χ0n) is 15.5. The van der Waals surface area contributed by atoms with Crippen LogP contribution in [0.2, 0.25) is 0 Å². The predicted molar refractivity (Wildman–Crippen MR) is 101 cm³/mol. The van der Waals surface area contributed by atoms with Crippen molar-refractivity contribution in [1.82, 2.24) is 19.9 Å². The third-order valence-corrected chi connectivity index (χ3v) is 5.56. The van der Waals surface area contributed by atoms with E-state index >= 15 is 0 Å². The highest BCUT2D eigenvalue weighted by molar-refractivity contribution is 5.53. The first-order chi connectivity index (χ1) is 14.0. The normalized spacial score (nSPS) is 22.7. The smallest absolute Gasteiger partial charge is 0.266 e. The largest absolute Gasteiger partial charge is 0.363 e. The van der Waals surface area contributed by atoms with Crippen LogP contribution in [-0.2, 0) is 0 Å². The molecule has 0 N–H and O–H groups in total. The van der Waals surface area contributed by atoms with Crippen LogP contribution in [0.4, 0.5) is 18.9 Å². The molecule has 2 atom stereocenters. The van der Waals surface area contributed by atoms with Gasteiger partial charge in [-0.25, -0.2) is 33.1 Å². The molecule has 1 saturated heterocycles. The van der Waals surface area contributed by atoms with Gasteiger partial charge in [-0.1, -0.05) is 6.07 Å². The fraction of sp³-hybridized carbons (Fsp3) is 0.333. The zero-order chi connectivity index (χ0) is 20.0. The number of hydrogen-bond donors (Lipinski definition) is 0. The van der Waals surface area contributed by atoms with Gasteiger partial charge in [-0.05, 0) is 47.6 Å². The van der Waals surface area contributed by atoms with Gasteiger partial charge in [0.15, 0.2) is 11.6 Å². The Morgan fingerprint density at radius 2 is 1.62 bits per heavy atom. The summed E-state index contributed by atoms with van der Waals surface area (Å²) in [4.78, 5) is 18.4. The van der Waals surface area contributed by atoms with Crippen LogP contribution < -0.4 is 4.90 Å². The topological polar surface area (TPSA) is 54.8 Å². The number of anilines is 1. The molecule has 0 radical (unpaired) electrons. The maximum Gasteiger partial charge on any atom is 0.266 e. The second-order valence-corrected chi connectivity index (χ2v) is 7.60. The molecule has 3 heterocycles. The van der Waals surface area contributed by atoms with Crippen LogP contribution in [0.5, 0.6) is 0 Å². The van der Waals surface area contributed by atoms with Crippen LogP contribution in [0.25, 0.3) is 11.6 Å². The number of nitrogens with zero attached hydrogens (tertiary/aromatic N) is 5. The monoisotopic (exact) mass is 397 g/mol. The maximum atomic E-state index is 14.3. The minimum absolute atomic E-state index is 0.165. The zero-order valence-corrected chi connectivity index (χ0v) is 15.5. The molecule has 29 heavy (non-hydrogen) atoms. The van der Waals surface area contributed by atoms with Crippen molar-refractivity contribution in [2.45, 2.75) is 30.6 Å². The van der Waals surface area contributed by atoms with Crippen molar-refractivity contribution >= 4 is 5.69 Å². The number of rotatable bonds is 4. The van der Waals surface area contributed by atoms with Crippen LogP contribution >= 0.6 is 0 Å². The van der Waals surface area contributed by atoms with Crippen molar-refractivity contribution in [3.63, 3.8) is 0 Å². The molecule has 2 aromatic heterocycles. The molecule has 0 bridgehead atoms. The molecule has 8 heteroatoms. The molecule has 0 amide bonds. The van der Waals surface area contributed by atoms with Gasteiger partial charge in [-0.2, -0.15) is 0 Å². The molecule has 5 rings (SSSR count). The molecule has 0 spiro atoms. The van der Waals surface area contributed by atoms with E-state index in [1.807, 2.05) is 0 Å². The third-order valence-electron chi connectivity index (χ3n) is 5.56. The van der Waals surface area contributed by atoms with E-state index in [9.17, 15) is 13.2 Å². The number of benzene rings is 1. The minimum atomic E-state index is -2.76. The summed E-state index contributed by atoms with van der Waals surface area (Å²) in [6.07, 6.45) is 7.48. The molecular weight excluding hydrogens is 379 g/mol. The summed E-state index contributed by atoms with van der Waals surface area (Å²) < 4.78 is 41.3. The lowest BCUT2D eigenvalue weighted by Gasteiger charge is -2.20. The Morgan fingerprint density at radius 1 is 0.931 bits per heavy atom. The van der Waals surface area contributed by atoms with Crippen LogP contribution in [-0.4, -0.2) is 38.9 Å². The first kappa shape index (κ1) is 18.0. The van der Waals surface area contributed by atoms with Gasteiger partial charge >= 0.3 is 0 Å². The molecule has 1 aliphatic heterocycles. The highest BCUT2D eigenvalue weighted by Crippen LogP contribution is 2.55. The Bertz CT molecular complexity index is 1030. The highest BCUT2D eigenvalue weighted by Gasteiger charge is 2.42. The van der Waals surface area contributed by atoms with E-state index in [4.69, 9.17) is 0 Å². The highest BCUT2D eigenvalue weighted by atomic mass is 19.3. The molecule has 2 fully saturated rings. The molecule has 2 aliphatic rings. The maximum absolute atomic E-state index is 14.3. The summed E-state index contributed by atoms with van der Waals surface area (Å²) in [5, 5.41) is 0. The van der Waals surface area contributed by atoms with Gasteiger partial charge in [0.05, 0.1) is 12.2 Å². The first-order valence-electron chi connectivity index (χ1n) is 9.52. The Labute approximate surface area is 165 Å². The number of alkyl halides is 2. The van der Waals surface area contributed by atoms with Crippen molar-refractivity contribution in [2.24, 2.45) is 0 Å². The fourth-order valence-corrected chi connectivity index (χ4v) is 3.94. The molecule has 1 aromatic carbocycles. The summed E-state index contributed by atoms with van der Waals surface area (Å²) >= 11 is 0. The lowest BCUT2D eigenvalue weighted by molar-refractivity contribution is 0.0257. The van der Waals surface area contributed by atoms with E-state index in [-0.39, 0.29) is 30.5 Å².